The van der Waals surface area contributed by atoms with Gasteiger partial charge in [-0.15, -0.1) is 11.3 Å². The lowest BCUT2D eigenvalue weighted by Crippen LogP contribution is -2.47. The van der Waals surface area contributed by atoms with Crippen molar-refractivity contribution in [1.29, 1.82) is 0 Å². The minimum Gasteiger partial charge on any atom is -0.459 e. The zero-order chi connectivity index (χ0) is 29.9. The minimum atomic E-state index is -1.80. The molecule has 0 saturated carbocycles. The van der Waals surface area contributed by atoms with Crippen LogP contribution in [-0.2, 0) is 16.0 Å². The highest BCUT2D eigenvalue weighted by atomic mass is 32.1. The molecule has 6 N–H and O–H groups in total. The maximum Gasteiger partial charge on any atom is 0.348 e. The van der Waals surface area contributed by atoms with Crippen LogP contribution in [-0.4, -0.2) is 86.2 Å². The number of ether oxygens (including phenoxy) is 1. The lowest BCUT2D eigenvalue weighted by molar-refractivity contribution is -0.124. The zero-order valence-corrected chi connectivity index (χ0v) is 24.3. The quantitative estimate of drug-likeness (QED) is 0.119. The molecule has 1 aliphatic heterocycles. The largest absolute Gasteiger partial charge is 0.459 e. The number of amides is 1. The van der Waals surface area contributed by atoms with Crippen LogP contribution in [0.1, 0.15) is 84.5 Å². The molecule has 0 unspecified atom stereocenters. The first kappa shape index (κ1) is 33.1. The number of carbonyl (C=O) groups excluding carboxylic acids is 2. The second-order valence-corrected chi connectivity index (χ2v) is 11.8. The molecule has 1 aliphatic rings. The minimum absolute atomic E-state index is 0.0832. The van der Waals surface area contributed by atoms with Crippen molar-refractivity contribution >= 4 is 28.9 Å². The van der Waals surface area contributed by atoms with E-state index in [4.69, 9.17) is 9.84 Å². The Bertz CT molecular complexity index is 1090. The van der Waals surface area contributed by atoms with E-state index >= 15 is 0 Å². The zero-order valence-electron chi connectivity index (χ0n) is 23.5. The molecule has 0 bridgehead atoms. The fourth-order valence-corrected chi connectivity index (χ4v) is 5.95. The summed E-state index contributed by atoms with van der Waals surface area (Å²) >= 11 is 1.26. The van der Waals surface area contributed by atoms with Gasteiger partial charge in [-0.2, -0.15) is 0 Å². The molecular weight excluding hydrogens is 550 g/mol. The third-order valence-corrected chi connectivity index (χ3v) is 8.62. The summed E-state index contributed by atoms with van der Waals surface area (Å²) in [6.45, 7) is 0.745. The van der Waals surface area contributed by atoms with Crippen LogP contribution in [0, 0.1) is 0 Å². The molecule has 41 heavy (non-hydrogen) atoms. The normalized spacial score (nSPS) is 19.1. The number of benzene rings is 1. The highest BCUT2D eigenvalue weighted by molar-refractivity contribution is 7.13. The Kier molecular flexibility index (Phi) is 13.2. The number of aryl methyl sites for hydroxylation is 1. The van der Waals surface area contributed by atoms with Crippen LogP contribution in [0.5, 0.6) is 0 Å². The summed E-state index contributed by atoms with van der Waals surface area (Å²) in [5.41, 5.74) is 1.71. The van der Waals surface area contributed by atoms with Gasteiger partial charge in [-0.3, -0.25) is 4.79 Å². The van der Waals surface area contributed by atoms with Crippen molar-refractivity contribution in [2.45, 2.75) is 101 Å². The molecule has 1 aromatic carbocycles. The van der Waals surface area contributed by atoms with E-state index in [1.54, 1.807) is 6.07 Å². The van der Waals surface area contributed by atoms with Gasteiger partial charge in [0.1, 0.15) is 35.9 Å². The summed E-state index contributed by atoms with van der Waals surface area (Å²) in [5.74, 6) is -0.589. The first-order chi connectivity index (χ1) is 19.7. The third kappa shape index (κ3) is 9.31. The van der Waals surface area contributed by atoms with E-state index in [1.165, 1.54) is 11.3 Å². The highest BCUT2D eigenvalue weighted by Gasteiger charge is 2.32. The first-order valence-corrected chi connectivity index (χ1v) is 15.2. The molecule has 3 rings (SSSR count). The van der Waals surface area contributed by atoms with Crippen molar-refractivity contribution in [3.63, 3.8) is 0 Å². The van der Waals surface area contributed by atoms with Gasteiger partial charge in [0.2, 0.25) is 5.91 Å². The SMILES string of the molecule is CCCCC[C@H](O)c1ccc(N2C(=O)CC[C@@H]2CCCc2ccc(C(=O)OC[C@@H](O)[C@@H](O)[C@@H](O)[C@H](O)CO)s2)cc1. The molecule has 1 aromatic heterocycles. The standard InChI is InChI=1S/C30H43NO9S/c1-2-3-4-8-23(33)19-9-11-21(12-10-19)31-20(13-16-27(31)36)6-5-7-22-14-15-26(41-22)30(39)40-18-25(35)29(38)28(37)24(34)17-32/h9-12,14-15,20,23-25,28-29,32-35,37-38H,2-8,13,16-18H2,1H3/t20-,23-,24+,25+,28-,29+/m0/s1. The Morgan fingerprint density at radius 3 is 2.39 bits per heavy atom. The number of hydrogen-bond donors (Lipinski definition) is 6. The number of thiophene rings is 1. The maximum atomic E-state index is 12.7. The van der Waals surface area contributed by atoms with Crippen molar-refractivity contribution in [3.05, 3.63) is 51.7 Å². The molecule has 2 heterocycles. The van der Waals surface area contributed by atoms with E-state index in [2.05, 4.69) is 6.92 Å². The van der Waals surface area contributed by atoms with Crippen LogP contribution in [0.25, 0.3) is 0 Å². The predicted molar refractivity (Wildman–Crippen MR) is 155 cm³/mol. The second-order valence-electron chi connectivity index (χ2n) is 10.6. The fourth-order valence-electron chi connectivity index (χ4n) is 5.01. The van der Waals surface area contributed by atoms with Crippen molar-refractivity contribution < 1.29 is 45.0 Å². The molecule has 228 valence electrons. The smallest absolute Gasteiger partial charge is 0.348 e. The Morgan fingerprint density at radius 2 is 1.71 bits per heavy atom. The number of nitrogens with zero attached hydrogens (tertiary/aromatic N) is 1. The topological polar surface area (TPSA) is 168 Å². The summed E-state index contributed by atoms with van der Waals surface area (Å²) in [4.78, 5) is 28.2. The molecule has 1 fully saturated rings. The van der Waals surface area contributed by atoms with Crippen LogP contribution < -0.4 is 4.90 Å². The van der Waals surface area contributed by atoms with Crippen molar-refractivity contribution in [3.8, 4) is 0 Å². The molecule has 2 aromatic rings. The number of rotatable bonds is 17. The van der Waals surface area contributed by atoms with Gasteiger partial charge in [-0.25, -0.2) is 4.79 Å². The molecule has 1 saturated heterocycles. The van der Waals surface area contributed by atoms with Gasteiger partial charge in [-0.1, -0.05) is 38.3 Å². The van der Waals surface area contributed by atoms with E-state index in [0.717, 1.165) is 61.1 Å². The summed E-state index contributed by atoms with van der Waals surface area (Å²) in [5, 5.41) is 58.1. The summed E-state index contributed by atoms with van der Waals surface area (Å²) in [7, 11) is 0. The summed E-state index contributed by atoms with van der Waals surface area (Å²) < 4.78 is 5.04. The summed E-state index contributed by atoms with van der Waals surface area (Å²) in [6, 6.07) is 11.2. The molecule has 1 amide bonds. The molecular formula is C30H43NO9S. The monoisotopic (exact) mass is 593 g/mol. The van der Waals surface area contributed by atoms with Crippen molar-refractivity contribution in [2.75, 3.05) is 18.1 Å². The molecule has 11 heteroatoms. The van der Waals surface area contributed by atoms with Crippen LogP contribution in [0.4, 0.5) is 5.69 Å². The van der Waals surface area contributed by atoms with Gasteiger partial charge >= 0.3 is 5.97 Å². The second kappa shape index (κ2) is 16.3. The Morgan fingerprint density at radius 1 is 1.00 bits per heavy atom. The summed E-state index contributed by atoms with van der Waals surface area (Å²) in [6.07, 6.45) is 0.152. The lowest BCUT2D eigenvalue weighted by Gasteiger charge is -2.25. The van der Waals surface area contributed by atoms with Gasteiger partial charge in [0, 0.05) is 23.0 Å². The number of unbranched alkanes of at least 4 members (excludes halogenated alkanes) is 2. The van der Waals surface area contributed by atoms with E-state index in [1.807, 2.05) is 35.2 Å². The molecule has 10 nitrogen and oxygen atoms in total. The third-order valence-electron chi connectivity index (χ3n) is 7.50. The Balaban J connectivity index is 1.47. The number of anilines is 1. The number of carbonyl (C=O) groups is 2. The first-order valence-electron chi connectivity index (χ1n) is 14.3. The Hall–Kier alpha value is -2.38. The van der Waals surface area contributed by atoms with Gasteiger partial charge < -0.3 is 40.3 Å². The van der Waals surface area contributed by atoms with Crippen molar-refractivity contribution in [2.24, 2.45) is 0 Å². The fraction of sp³-hybridized carbons (Fsp3) is 0.600. The number of esters is 1. The van der Waals surface area contributed by atoms with Crippen LogP contribution in [0.2, 0.25) is 0 Å². The van der Waals surface area contributed by atoms with Gasteiger partial charge in [0.25, 0.3) is 0 Å². The molecule has 0 aliphatic carbocycles. The van der Waals surface area contributed by atoms with E-state index in [0.29, 0.717) is 17.7 Å². The number of aliphatic hydroxyl groups excluding tert-OH is 6. The van der Waals surface area contributed by atoms with Gasteiger partial charge in [0.15, 0.2) is 0 Å². The highest BCUT2D eigenvalue weighted by Crippen LogP contribution is 2.31. The average Bonchev–Trinajstić information content (AvgIpc) is 3.61. The number of aliphatic hydroxyl groups is 6. The van der Waals surface area contributed by atoms with Gasteiger partial charge in [0.05, 0.1) is 12.7 Å². The van der Waals surface area contributed by atoms with Crippen molar-refractivity contribution in [1.82, 2.24) is 0 Å². The van der Waals surface area contributed by atoms with E-state index in [9.17, 15) is 35.1 Å². The van der Waals surface area contributed by atoms with Crippen LogP contribution in [0.15, 0.2) is 36.4 Å². The lowest BCUT2D eigenvalue weighted by atomic mass is 10.0. The maximum absolute atomic E-state index is 12.7. The Labute approximate surface area is 244 Å². The number of hydrogen-bond acceptors (Lipinski definition) is 10. The molecule has 0 spiro atoms. The van der Waals surface area contributed by atoms with E-state index in [-0.39, 0.29) is 11.9 Å². The average molecular weight is 594 g/mol. The van der Waals surface area contributed by atoms with E-state index < -0.39 is 49.7 Å². The molecule has 6 atom stereocenters. The van der Waals surface area contributed by atoms with Crippen LogP contribution >= 0.6 is 11.3 Å². The van der Waals surface area contributed by atoms with Crippen LogP contribution in [0.3, 0.4) is 0 Å². The predicted octanol–water partition coefficient (Wildman–Crippen LogP) is 2.47. The molecule has 0 radical (unpaired) electrons. The van der Waals surface area contributed by atoms with Gasteiger partial charge in [-0.05, 0) is 61.9 Å².